The average molecular weight is 389 g/mol. The second-order valence-electron chi connectivity index (χ2n) is 5.52. The number of aryl methyl sites for hydroxylation is 1. The summed E-state index contributed by atoms with van der Waals surface area (Å²) in [6.45, 7) is 1.78. The van der Waals surface area contributed by atoms with Crippen molar-refractivity contribution in [1.29, 1.82) is 0 Å². The van der Waals surface area contributed by atoms with Crippen LogP contribution in [0, 0.1) is 6.92 Å². The van der Waals surface area contributed by atoms with Crippen molar-refractivity contribution in [3.05, 3.63) is 52.9 Å². The first-order valence-electron chi connectivity index (χ1n) is 7.89. The second-order valence-corrected chi connectivity index (χ2v) is 5.93. The Hall–Kier alpha value is -3.26. The summed E-state index contributed by atoms with van der Waals surface area (Å²) in [5.74, 6) is 2.11. The Morgan fingerprint density at radius 2 is 1.89 bits per heavy atom. The third-order valence-electron chi connectivity index (χ3n) is 3.63. The molecule has 0 atom stereocenters. The van der Waals surface area contributed by atoms with Gasteiger partial charge in [-0.05, 0) is 19.1 Å². The molecule has 0 radical (unpaired) electrons. The highest BCUT2D eigenvalue weighted by atomic mass is 35.5. The highest BCUT2D eigenvalue weighted by Crippen LogP contribution is 2.36. The summed E-state index contributed by atoms with van der Waals surface area (Å²) < 4.78 is 15.4. The maximum Gasteiger partial charge on any atom is 0.255 e. The van der Waals surface area contributed by atoms with E-state index in [0.717, 1.165) is 0 Å². The Morgan fingerprint density at radius 1 is 1.11 bits per heavy atom. The van der Waals surface area contributed by atoms with Crippen molar-refractivity contribution in [3.63, 3.8) is 0 Å². The molecule has 0 saturated heterocycles. The molecular formula is C18H17ClN4O4. The van der Waals surface area contributed by atoms with E-state index >= 15 is 0 Å². The fourth-order valence-electron chi connectivity index (χ4n) is 2.35. The molecule has 0 aliphatic carbocycles. The van der Waals surface area contributed by atoms with Gasteiger partial charge in [0, 0.05) is 30.0 Å². The number of nitrogens with one attached hydrogen (secondary N) is 2. The Kier molecular flexibility index (Phi) is 5.46. The van der Waals surface area contributed by atoms with Crippen LogP contribution in [0.15, 0.2) is 41.1 Å². The molecule has 0 aliphatic heterocycles. The van der Waals surface area contributed by atoms with Gasteiger partial charge < -0.3 is 24.6 Å². The van der Waals surface area contributed by atoms with E-state index in [2.05, 4.69) is 20.8 Å². The largest absolute Gasteiger partial charge is 0.495 e. The zero-order chi connectivity index (χ0) is 19.4. The summed E-state index contributed by atoms with van der Waals surface area (Å²) in [7, 11) is 2.98. The SMILES string of the molecule is COc1cc(NC(=O)c2ccnc(Nc3cc(C)on3)c2)c(OC)cc1Cl. The molecule has 2 aromatic heterocycles. The van der Waals surface area contributed by atoms with Gasteiger partial charge in [0.15, 0.2) is 5.82 Å². The van der Waals surface area contributed by atoms with Crippen molar-refractivity contribution in [1.82, 2.24) is 10.1 Å². The molecule has 1 aromatic carbocycles. The quantitative estimate of drug-likeness (QED) is 0.657. The summed E-state index contributed by atoms with van der Waals surface area (Å²) >= 11 is 6.09. The van der Waals surface area contributed by atoms with Crippen molar-refractivity contribution in [2.75, 3.05) is 24.9 Å². The minimum Gasteiger partial charge on any atom is -0.495 e. The molecule has 8 nitrogen and oxygen atoms in total. The van der Waals surface area contributed by atoms with Crippen LogP contribution in [0.25, 0.3) is 0 Å². The van der Waals surface area contributed by atoms with Crippen LogP contribution in [0.5, 0.6) is 11.5 Å². The van der Waals surface area contributed by atoms with Gasteiger partial charge in [0.05, 0.1) is 24.9 Å². The Balaban J connectivity index is 1.81. The Labute approximate surface area is 160 Å². The first-order valence-corrected chi connectivity index (χ1v) is 8.27. The van der Waals surface area contributed by atoms with Crippen molar-refractivity contribution in [2.24, 2.45) is 0 Å². The van der Waals surface area contributed by atoms with Crippen LogP contribution in [-0.4, -0.2) is 30.3 Å². The molecule has 140 valence electrons. The molecule has 0 saturated carbocycles. The summed E-state index contributed by atoms with van der Waals surface area (Å²) in [5, 5.41) is 9.97. The predicted molar refractivity (Wildman–Crippen MR) is 101 cm³/mol. The molecule has 2 N–H and O–H groups in total. The number of pyridine rings is 1. The lowest BCUT2D eigenvalue weighted by molar-refractivity contribution is 0.102. The van der Waals surface area contributed by atoms with E-state index in [1.165, 1.54) is 20.4 Å². The number of rotatable bonds is 6. The van der Waals surface area contributed by atoms with Gasteiger partial charge in [0.2, 0.25) is 0 Å². The smallest absolute Gasteiger partial charge is 0.255 e. The molecule has 0 unspecified atom stereocenters. The van der Waals surface area contributed by atoms with Gasteiger partial charge in [-0.1, -0.05) is 16.8 Å². The molecule has 0 aliphatic rings. The number of carbonyl (C=O) groups excluding carboxylic acids is 1. The van der Waals surface area contributed by atoms with E-state index in [1.807, 2.05) is 0 Å². The van der Waals surface area contributed by atoms with Gasteiger partial charge in [-0.2, -0.15) is 0 Å². The lowest BCUT2D eigenvalue weighted by Gasteiger charge is -2.13. The maximum absolute atomic E-state index is 12.6. The molecule has 3 aromatic rings. The Morgan fingerprint density at radius 3 is 2.56 bits per heavy atom. The van der Waals surface area contributed by atoms with Crippen LogP contribution >= 0.6 is 11.6 Å². The predicted octanol–water partition coefficient (Wildman–Crippen LogP) is 4.04. The van der Waals surface area contributed by atoms with Crippen molar-refractivity contribution >= 4 is 34.8 Å². The maximum atomic E-state index is 12.6. The summed E-state index contributed by atoms with van der Waals surface area (Å²) in [5.41, 5.74) is 0.825. The number of methoxy groups -OCH3 is 2. The third kappa shape index (κ3) is 4.29. The monoisotopic (exact) mass is 388 g/mol. The molecule has 0 bridgehead atoms. The average Bonchev–Trinajstić information content (AvgIpc) is 3.07. The van der Waals surface area contributed by atoms with Gasteiger partial charge >= 0.3 is 0 Å². The van der Waals surface area contributed by atoms with Gasteiger partial charge in [-0.3, -0.25) is 4.79 Å². The third-order valence-corrected chi connectivity index (χ3v) is 3.92. The van der Waals surface area contributed by atoms with Gasteiger partial charge in [-0.15, -0.1) is 0 Å². The standard InChI is InChI=1S/C18H17ClN4O4/c1-10-6-17(23-27-10)22-16-7-11(4-5-20-16)18(24)21-13-9-14(25-2)12(19)8-15(13)26-3/h4-9H,1-3H3,(H,21,24)(H,20,22,23). The van der Waals surface area contributed by atoms with Crippen LogP contribution in [0.1, 0.15) is 16.1 Å². The van der Waals surface area contributed by atoms with Gasteiger partial charge in [-0.25, -0.2) is 4.98 Å². The molecule has 2 heterocycles. The number of amides is 1. The lowest BCUT2D eigenvalue weighted by Crippen LogP contribution is -2.13. The van der Waals surface area contributed by atoms with E-state index < -0.39 is 0 Å². The van der Waals surface area contributed by atoms with Crippen LogP contribution in [0.4, 0.5) is 17.3 Å². The van der Waals surface area contributed by atoms with E-state index in [-0.39, 0.29) is 5.91 Å². The van der Waals surface area contributed by atoms with Gasteiger partial charge in [0.25, 0.3) is 5.91 Å². The van der Waals surface area contributed by atoms with Crippen LogP contribution in [0.3, 0.4) is 0 Å². The molecular weight excluding hydrogens is 372 g/mol. The van der Waals surface area contributed by atoms with Gasteiger partial charge in [0.1, 0.15) is 23.1 Å². The summed E-state index contributed by atoms with van der Waals surface area (Å²) in [6, 6.07) is 8.08. The zero-order valence-corrected chi connectivity index (χ0v) is 15.6. The number of benzene rings is 1. The number of ether oxygens (including phenoxy) is 2. The minimum atomic E-state index is -0.348. The van der Waals surface area contributed by atoms with Crippen LogP contribution in [-0.2, 0) is 0 Å². The first-order chi connectivity index (χ1) is 13.0. The van der Waals surface area contributed by atoms with Crippen molar-refractivity contribution in [3.8, 4) is 11.5 Å². The fraction of sp³-hybridized carbons (Fsp3) is 0.167. The number of aromatic nitrogens is 2. The van der Waals surface area contributed by atoms with E-state index in [9.17, 15) is 4.79 Å². The fourth-order valence-corrected chi connectivity index (χ4v) is 2.58. The summed E-state index contributed by atoms with van der Waals surface area (Å²) in [4.78, 5) is 16.8. The van der Waals surface area contributed by atoms with E-state index in [1.54, 1.807) is 37.3 Å². The molecule has 1 amide bonds. The number of anilines is 3. The number of halogens is 1. The van der Waals surface area contributed by atoms with Crippen LogP contribution < -0.4 is 20.1 Å². The highest BCUT2D eigenvalue weighted by Gasteiger charge is 2.14. The molecule has 0 spiro atoms. The number of carbonyl (C=O) groups is 1. The van der Waals surface area contributed by atoms with Crippen molar-refractivity contribution < 1.29 is 18.8 Å². The first kappa shape index (κ1) is 18.5. The zero-order valence-electron chi connectivity index (χ0n) is 14.9. The number of hydrogen-bond acceptors (Lipinski definition) is 7. The summed E-state index contributed by atoms with van der Waals surface area (Å²) in [6.07, 6.45) is 1.52. The molecule has 3 rings (SSSR count). The van der Waals surface area contributed by atoms with E-state index in [4.69, 9.17) is 25.6 Å². The van der Waals surface area contributed by atoms with E-state index in [0.29, 0.717) is 45.2 Å². The highest BCUT2D eigenvalue weighted by molar-refractivity contribution is 6.32. The molecule has 0 fully saturated rings. The normalized spacial score (nSPS) is 10.4. The van der Waals surface area contributed by atoms with Crippen molar-refractivity contribution in [2.45, 2.75) is 6.92 Å². The lowest BCUT2D eigenvalue weighted by atomic mass is 10.2. The molecule has 27 heavy (non-hydrogen) atoms. The second kappa shape index (κ2) is 7.96. The Bertz CT molecular complexity index is 974. The van der Waals surface area contributed by atoms with Crippen LogP contribution in [0.2, 0.25) is 5.02 Å². The topological polar surface area (TPSA) is 98.5 Å². The number of hydrogen-bond donors (Lipinski definition) is 2. The molecule has 9 heteroatoms. The number of nitrogens with zero attached hydrogens (tertiary/aromatic N) is 2. The minimum absolute atomic E-state index is 0.348.